The number of hydrogen-bond donors (Lipinski definition) is 1. The molecule has 1 saturated heterocycles. The third-order valence-electron chi connectivity index (χ3n) is 2.63. The maximum absolute atomic E-state index is 11.7. The second-order valence-corrected chi connectivity index (χ2v) is 4.54. The van der Waals surface area contributed by atoms with E-state index in [1.807, 2.05) is 0 Å². The minimum Gasteiger partial charge on any atom is -0.462 e. The smallest absolute Gasteiger partial charge is 0.338 e. The lowest BCUT2D eigenvalue weighted by molar-refractivity contribution is 0.0428. The maximum Gasteiger partial charge on any atom is 0.338 e. The van der Waals surface area contributed by atoms with Gasteiger partial charge in [-0.25, -0.2) is 4.79 Å². The van der Waals surface area contributed by atoms with Crippen molar-refractivity contribution in [3.63, 3.8) is 0 Å². The molecule has 17 heavy (non-hydrogen) atoms. The molecule has 0 amide bonds. The van der Waals surface area contributed by atoms with Crippen LogP contribution < -0.4 is 5.73 Å². The fourth-order valence-corrected chi connectivity index (χ4v) is 1.97. The van der Waals surface area contributed by atoms with Gasteiger partial charge in [-0.3, -0.25) is 0 Å². The summed E-state index contributed by atoms with van der Waals surface area (Å²) in [6.45, 7) is 1.78. The van der Waals surface area contributed by atoms with Gasteiger partial charge in [0.15, 0.2) is 0 Å². The van der Waals surface area contributed by atoms with Crippen molar-refractivity contribution in [1.29, 1.82) is 0 Å². The highest BCUT2D eigenvalue weighted by Gasteiger charge is 2.18. The standard InChI is InChI=1S/C12H14ClNO3/c13-10-3-9(4-11(14)5-10)12(15)17-7-8-1-2-16-6-8/h3-5,8H,1-2,6-7,14H2. The van der Waals surface area contributed by atoms with Crippen LogP contribution in [0, 0.1) is 5.92 Å². The molecule has 1 aliphatic rings. The monoisotopic (exact) mass is 255 g/mol. The highest BCUT2D eigenvalue weighted by molar-refractivity contribution is 6.31. The summed E-state index contributed by atoms with van der Waals surface area (Å²) in [4.78, 5) is 11.7. The summed E-state index contributed by atoms with van der Waals surface area (Å²) in [6, 6.07) is 4.69. The summed E-state index contributed by atoms with van der Waals surface area (Å²) in [5.74, 6) is -0.0958. The van der Waals surface area contributed by atoms with Crippen LogP contribution >= 0.6 is 11.6 Å². The van der Waals surface area contributed by atoms with E-state index in [-0.39, 0.29) is 0 Å². The maximum atomic E-state index is 11.7. The zero-order valence-corrected chi connectivity index (χ0v) is 10.1. The molecule has 2 N–H and O–H groups in total. The molecule has 92 valence electrons. The van der Waals surface area contributed by atoms with E-state index in [0.717, 1.165) is 13.0 Å². The molecule has 2 rings (SSSR count). The van der Waals surface area contributed by atoms with Crippen LogP contribution in [-0.2, 0) is 9.47 Å². The van der Waals surface area contributed by atoms with Crippen LogP contribution in [0.2, 0.25) is 5.02 Å². The van der Waals surface area contributed by atoms with Gasteiger partial charge in [-0.15, -0.1) is 0 Å². The first kappa shape index (κ1) is 12.2. The number of carbonyl (C=O) groups excluding carboxylic acids is 1. The Morgan fingerprint density at radius 2 is 2.35 bits per heavy atom. The Kier molecular flexibility index (Phi) is 3.86. The molecular formula is C12H14ClNO3. The highest BCUT2D eigenvalue weighted by atomic mass is 35.5. The third kappa shape index (κ3) is 3.35. The van der Waals surface area contributed by atoms with Gasteiger partial charge in [0.05, 0.1) is 18.8 Å². The number of anilines is 1. The minimum absolute atomic E-state index is 0.301. The van der Waals surface area contributed by atoms with Crippen LogP contribution in [-0.4, -0.2) is 25.8 Å². The fourth-order valence-electron chi connectivity index (χ4n) is 1.72. The van der Waals surface area contributed by atoms with Gasteiger partial charge in [0, 0.05) is 23.2 Å². The van der Waals surface area contributed by atoms with Gasteiger partial charge in [-0.2, -0.15) is 0 Å². The van der Waals surface area contributed by atoms with E-state index in [1.165, 1.54) is 0 Å². The molecule has 0 spiro atoms. The van der Waals surface area contributed by atoms with Crippen molar-refractivity contribution < 1.29 is 14.3 Å². The lowest BCUT2D eigenvalue weighted by Gasteiger charge is -2.09. The quantitative estimate of drug-likeness (QED) is 0.664. The molecule has 5 heteroatoms. The summed E-state index contributed by atoms with van der Waals surface area (Å²) in [5, 5.41) is 0.432. The Bertz CT molecular complexity index is 396. The van der Waals surface area contributed by atoms with Crippen LogP contribution in [0.3, 0.4) is 0 Å². The Balaban J connectivity index is 1.94. The summed E-state index contributed by atoms with van der Waals surface area (Å²) < 4.78 is 10.4. The van der Waals surface area contributed by atoms with E-state index in [9.17, 15) is 4.79 Å². The predicted molar refractivity (Wildman–Crippen MR) is 65.1 cm³/mol. The van der Waals surface area contributed by atoms with E-state index in [2.05, 4.69) is 0 Å². The average Bonchev–Trinajstić information content (AvgIpc) is 2.77. The molecule has 1 atom stereocenters. The molecule has 1 aliphatic heterocycles. The predicted octanol–water partition coefficient (Wildman–Crippen LogP) is 2.12. The number of esters is 1. The van der Waals surface area contributed by atoms with Crippen LogP contribution in [0.4, 0.5) is 5.69 Å². The second-order valence-electron chi connectivity index (χ2n) is 4.10. The van der Waals surface area contributed by atoms with Crippen LogP contribution in [0.5, 0.6) is 0 Å². The van der Waals surface area contributed by atoms with E-state index < -0.39 is 5.97 Å². The number of nitrogens with two attached hydrogens (primary N) is 1. The number of halogens is 1. The van der Waals surface area contributed by atoms with Gasteiger partial charge in [0.2, 0.25) is 0 Å². The van der Waals surface area contributed by atoms with Crippen molar-refractivity contribution in [1.82, 2.24) is 0 Å². The molecular weight excluding hydrogens is 242 g/mol. The van der Waals surface area contributed by atoms with Crippen LogP contribution in [0.15, 0.2) is 18.2 Å². The van der Waals surface area contributed by atoms with Crippen LogP contribution in [0.25, 0.3) is 0 Å². The molecule has 0 radical (unpaired) electrons. The summed E-state index contributed by atoms with van der Waals surface area (Å²) in [6.07, 6.45) is 0.935. The zero-order valence-electron chi connectivity index (χ0n) is 9.32. The molecule has 4 nitrogen and oxygen atoms in total. The SMILES string of the molecule is Nc1cc(Cl)cc(C(=O)OCC2CCOC2)c1. The number of benzene rings is 1. The first-order valence-corrected chi connectivity index (χ1v) is 5.84. The molecule has 1 fully saturated rings. The Labute approximate surface area is 105 Å². The zero-order chi connectivity index (χ0) is 12.3. The molecule has 0 saturated carbocycles. The molecule has 0 aromatic heterocycles. The Hall–Kier alpha value is -1.26. The van der Waals surface area contributed by atoms with Gasteiger partial charge >= 0.3 is 5.97 Å². The van der Waals surface area contributed by atoms with Gasteiger partial charge in [0.25, 0.3) is 0 Å². The molecule has 0 aliphatic carbocycles. The highest BCUT2D eigenvalue weighted by Crippen LogP contribution is 2.18. The minimum atomic E-state index is -0.397. The fraction of sp³-hybridized carbons (Fsp3) is 0.417. The number of carbonyl (C=O) groups is 1. The van der Waals surface area contributed by atoms with Gasteiger partial charge < -0.3 is 15.2 Å². The second kappa shape index (κ2) is 5.38. The van der Waals surface area contributed by atoms with E-state index in [1.54, 1.807) is 18.2 Å². The van der Waals surface area contributed by atoms with Gasteiger partial charge in [-0.1, -0.05) is 11.6 Å². The molecule has 1 aromatic carbocycles. The molecule has 0 bridgehead atoms. The first-order valence-electron chi connectivity index (χ1n) is 5.46. The molecule has 1 unspecified atom stereocenters. The van der Waals surface area contributed by atoms with Crippen LogP contribution in [0.1, 0.15) is 16.8 Å². The van der Waals surface area contributed by atoms with E-state index in [0.29, 0.717) is 35.4 Å². The van der Waals surface area contributed by atoms with Gasteiger partial charge in [-0.05, 0) is 24.6 Å². The van der Waals surface area contributed by atoms with Crippen molar-refractivity contribution in [2.24, 2.45) is 5.92 Å². The van der Waals surface area contributed by atoms with Crippen molar-refractivity contribution in [3.05, 3.63) is 28.8 Å². The van der Waals surface area contributed by atoms with Crippen molar-refractivity contribution in [3.8, 4) is 0 Å². The topological polar surface area (TPSA) is 61.6 Å². The summed E-state index contributed by atoms with van der Waals surface area (Å²) >= 11 is 5.81. The Morgan fingerprint density at radius 3 is 3.00 bits per heavy atom. The molecule has 1 aromatic rings. The van der Waals surface area contributed by atoms with E-state index >= 15 is 0 Å². The number of rotatable bonds is 3. The summed E-state index contributed by atoms with van der Waals surface area (Å²) in [5.41, 5.74) is 6.44. The number of hydrogen-bond acceptors (Lipinski definition) is 4. The number of nitrogen functional groups attached to an aromatic ring is 1. The van der Waals surface area contributed by atoms with Crippen molar-refractivity contribution in [2.45, 2.75) is 6.42 Å². The lowest BCUT2D eigenvalue weighted by Crippen LogP contribution is -2.14. The lowest BCUT2D eigenvalue weighted by atomic mass is 10.1. The largest absolute Gasteiger partial charge is 0.462 e. The molecule has 1 heterocycles. The average molecular weight is 256 g/mol. The van der Waals surface area contributed by atoms with E-state index in [4.69, 9.17) is 26.8 Å². The third-order valence-corrected chi connectivity index (χ3v) is 2.85. The summed E-state index contributed by atoms with van der Waals surface area (Å²) in [7, 11) is 0. The van der Waals surface area contributed by atoms with Crippen molar-refractivity contribution in [2.75, 3.05) is 25.6 Å². The normalized spacial score (nSPS) is 19.2. The number of ether oxygens (including phenoxy) is 2. The van der Waals surface area contributed by atoms with Crippen molar-refractivity contribution >= 4 is 23.3 Å². The van der Waals surface area contributed by atoms with Gasteiger partial charge in [0.1, 0.15) is 0 Å². The first-order chi connectivity index (χ1) is 8.15. The Morgan fingerprint density at radius 1 is 1.53 bits per heavy atom.